The molecule has 0 aliphatic carbocycles. The lowest BCUT2D eigenvalue weighted by molar-refractivity contribution is 0.472. The zero-order valence-electron chi connectivity index (χ0n) is 9.15. The van der Waals surface area contributed by atoms with Crippen molar-refractivity contribution in [2.45, 2.75) is 26.8 Å². The molecule has 0 saturated carbocycles. The number of hydrogen-bond acceptors (Lipinski definition) is 2. The summed E-state index contributed by atoms with van der Waals surface area (Å²) in [4.78, 5) is 0. The van der Waals surface area contributed by atoms with Gasteiger partial charge in [-0.1, -0.05) is 17.7 Å². The fourth-order valence-corrected chi connectivity index (χ4v) is 2.00. The third kappa shape index (κ3) is 1.75. The molecule has 1 aromatic rings. The van der Waals surface area contributed by atoms with Gasteiger partial charge in [-0.2, -0.15) is 0 Å². The molecule has 0 atom stereocenters. The van der Waals surface area contributed by atoms with Gasteiger partial charge in [0.2, 0.25) is 0 Å². The molecule has 14 heavy (non-hydrogen) atoms. The second-order valence-corrected chi connectivity index (χ2v) is 4.27. The smallest absolute Gasteiger partial charge is 0.0510 e. The van der Waals surface area contributed by atoms with Crippen molar-refractivity contribution in [3.05, 3.63) is 28.8 Å². The number of benzene rings is 1. The van der Waals surface area contributed by atoms with E-state index >= 15 is 0 Å². The molecule has 2 N–H and O–H groups in total. The fourth-order valence-electron chi connectivity index (χ4n) is 2.00. The second kappa shape index (κ2) is 3.62. The predicted octanol–water partition coefficient (Wildman–Crippen LogP) is 2.00. The minimum atomic E-state index is 0.620. The van der Waals surface area contributed by atoms with Crippen LogP contribution in [0.2, 0.25) is 0 Å². The van der Waals surface area contributed by atoms with Crippen LogP contribution in [0.25, 0.3) is 0 Å². The van der Waals surface area contributed by atoms with Gasteiger partial charge in [-0.3, -0.25) is 0 Å². The Morgan fingerprint density at radius 1 is 1.14 bits per heavy atom. The molecule has 2 rings (SSSR count). The summed E-state index contributed by atoms with van der Waals surface area (Å²) in [5.74, 6) is 0. The Kier molecular flexibility index (Phi) is 2.46. The quantitative estimate of drug-likeness (QED) is 0.745. The van der Waals surface area contributed by atoms with Crippen LogP contribution in [-0.4, -0.2) is 19.1 Å². The summed E-state index contributed by atoms with van der Waals surface area (Å²) in [6.45, 7) is 8.68. The topological polar surface area (TPSA) is 24.1 Å². The van der Waals surface area contributed by atoms with Gasteiger partial charge in [0, 0.05) is 18.8 Å². The molecule has 1 saturated heterocycles. The highest BCUT2D eigenvalue weighted by molar-refractivity contribution is 5.59. The molecule has 0 aromatic heterocycles. The first-order chi connectivity index (χ1) is 6.66. The molecule has 0 radical (unpaired) electrons. The summed E-state index contributed by atoms with van der Waals surface area (Å²) < 4.78 is 0. The Labute approximate surface area is 85.7 Å². The average Bonchev–Trinajstić information content (AvgIpc) is 1.98. The number of aryl methyl sites for hydroxylation is 3. The standard InChI is InChI=1S/C12H18N2/c1-8-4-9(2)12(10(3)5-8)14-11-6-13-7-11/h4-5,11,13-14H,6-7H2,1-3H3. The van der Waals surface area contributed by atoms with Crippen LogP contribution in [0, 0.1) is 20.8 Å². The molecule has 0 bridgehead atoms. The van der Waals surface area contributed by atoms with Crippen LogP contribution < -0.4 is 10.6 Å². The number of hydrogen-bond donors (Lipinski definition) is 2. The Morgan fingerprint density at radius 3 is 2.14 bits per heavy atom. The molecule has 1 aliphatic heterocycles. The van der Waals surface area contributed by atoms with Crippen molar-refractivity contribution in [1.82, 2.24) is 5.32 Å². The third-order valence-corrected chi connectivity index (χ3v) is 2.81. The van der Waals surface area contributed by atoms with Crippen LogP contribution in [-0.2, 0) is 0 Å². The van der Waals surface area contributed by atoms with Gasteiger partial charge in [0.1, 0.15) is 0 Å². The fraction of sp³-hybridized carbons (Fsp3) is 0.500. The van der Waals surface area contributed by atoms with Gasteiger partial charge in [-0.15, -0.1) is 0 Å². The van der Waals surface area contributed by atoms with Crippen LogP contribution in [0.3, 0.4) is 0 Å². The van der Waals surface area contributed by atoms with E-state index in [-0.39, 0.29) is 0 Å². The van der Waals surface area contributed by atoms with E-state index in [0.29, 0.717) is 6.04 Å². The number of rotatable bonds is 2. The van der Waals surface area contributed by atoms with Crippen molar-refractivity contribution in [3.8, 4) is 0 Å². The normalized spacial score (nSPS) is 16.5. The van der Waals surface area contributed by atoms with Crippen molar-refractivity contribution in [2.75, 3.05) is 18.4 Å². The minimum absolute atomic E-state index is 0.620. The van der Waals surface area contributed by atoms with Crippen LogP contribution >= 0.6 is 0 Å². The second-order valence-electron chi connectivity index (χ2n) is 4.27. The maximum Gasteiger partial charge on any atom is 0.0510 e. The van der Waals surface area contributed by atoms with Crippen LogP contribution in [0.5, 0.6) is 0 Å². The first kappa shape index (κ1) is 9.53. The number of anilines is 1. The number of nitrogens with one attached hydrogen (secondary N) is 2. The van der Waals surface area contributed by atoms with Gasteiger partial charge >= 0.3 is 0 Å². The Morgan fingerprint density at radius 2 is 1.71 bits per heavy atom. The van der Waals surface area contributed by atoms with Crippen molar-refractivity contribution in [2.24, 2.45) is 0 Å². The molecule has 0 amide bonds. The molecule has 2 nitrogen and oxygen atoms in total. The summed E-state index contributed by atoms with van der Waals surface area (Å²) in [5, 5.41) is 6.85. The lowest BCUT2D eigenvalue weighted by Gasteiger charge is -2.30. The first-order valence-electron chi connectivity index (χ1n) is 5.22. The van der Waals surface area contributed by atoms with E-state index in [9.17, 15) is 0 Å². The highest BCUT2D eigenvalue weighted by atomic mass is 15.1. The molecule has 1 aliphatic rings. The van der Waals surface area contributed by atoms with Crippen molar-refractivity contribution in [1.29, 1.82) is 0 Å². The zero-order chi connectivity index (χ0) is 10.1. The van der Waals surface area contributed by atoms with Gasteiger partial charge in [0.15, 0.2) is 0 Å². The summed E-state index contributed by atoms with van der Waals surface area (Å²) in [6, 6.07) is 5.10. The van der Waals surface area contributed by atoms with Gasteiger partial charge < -0.3 is 10.6 Å². The molecule has 1 fully saturated rings. The Hall–Kier alpha value is -1.02. The Balaban J connectivity index is 2.22. The minimum Gasteiger partial charge on any atom is -0.379 e. The van der Waals surface area contributed by atoms with Crippen molar-refractivity contribution < 1.29 is 0 Å². The van der Waals surface area contributed by atoms with Gasteiger partial charge in [0.05, 0.1) is 6.04 Å². The van der Waals surface area contributed by atoms with E-state index in [4.69, 9.17) is 0 Å². The molecule has 2 heteroatoms. The van der Waals surface area contributed by atoms with E-state index in [1.807, 2.05) is 0 Å². The molecule has 1 heterocycles. The van der Waals surface area contributed by atoms with Gasteiger partial charge in [-0.25, -0.2) is 0 Å². The molecular weight excluding hydrogens is 172 g/mol. The summed E-state index contributed by atoms with van der Waals surface area (Å²) in [7, 11) is 0. The van der Waals surface area contributed by atoms with Gasteiger partial charge in [0.25, 0.3) is 0 Å². The molecule has 1 aromatic carbocycles. The zero-order valence-corrected chi connectivity index (χ0v) is 9.15. The molecule has 0 unspecified atom stereocenters. The summed E-state index contributed by atoms with van der Waals surface area (Å²) in [6.07, 6.45) is 0. The van der Waals surface area contributed by atoms with Crippen molar-refractivity contribution >= 4 is 5.69 Å². The highest BCUT2D eigenvalue weighted by Crippen LogP contribution is 2.23. The molecule has 0 spiro atoms. The lowest BCUT2D eigenvalue weighted by Crippen LogP contribution is -2.51. The van der Waals surface area contributed by atoms with Crippen LogP contribution in [0.15, 0.2) is 12.1 Å². The van der Waals surface area contributed by atoms with Crippen LogP contribution in [0.1, 0.15) is 16.7 Å². The maximum absolute atomic E-state index is 3.58. The van der Waals surface area contributed by atoms with Gasteiger partial charge in [-0.05, 0) is 31.9 Å². The monoisotopic (exact) mass is 190 g/mol. The average molecular weight is 190 g/mol. The van der Waals surface area contributed by atoms with Crippen LogP contribution in [0.4, 0.5) is 5.69 Å². The van der Waals surface area contributed by atoms with E-state index in [2.05, 4.69) is 43.5 Å². The largest absolute Gasteiger partial charge is 0.379 e. The highest BCUT2D eigenvalue weighted by Gasteiger charge is 2.17. The van der Waals surface area contributed by atoms with E-state index < -0.39 is 0 Å². The van der Waals surface area contributed by atoms with E-state index in [1.165, 1.54) is 22.4 Å². The molecule has 76 valence electrons. The van der Waals surface area contributed by atoms with E-state index in [1.54, 1.807) is 0 Å². The third-order valence-electron chi connectivity index (χ3n) is 2.81. The summed E-state index contributed by atoms with van der Waals surface area (Å²) >= 11 is 0. The Bertz CT molecular complexity index is 317. The lowest BCUT2D eigenvalue weighted by atomic mass is 10.0. The van der Waals surface area contributed by atoms with E-state index in [0.717, 1.165) is 13.1 Å². The predicted molar refractivity (Wildman–Crippen MR) is 60.9 cm³/mol. The summed E-state index contributed by atoms with van der Waals surface area (Å²) in [5.41, 5.74) is 5.38. The van der Waals surface area contributed by atoms with Crippen molar-refractivity contribution in [3.63, 3.8) is 0 Å². The SMILES string of the molecule is Cc1cc(C)c(NC2CNC2)c(C)c1. The maximum atomic E-state index is 3.58. The first-order valence-corrected chi connectivity index (χ1v) is 5.22. The molecular formula is C12H18N2.